The van der Waals surface area contributed by atoms with Gasteiger partial charge in [-0.15, -0.1) is 0 Å². The van der Waals surface area contributed by atoms with E-state index in [0.29, 0.717) is 5.56 Å². The van der Waals surface area contributed by atoms with Gasteiger partial charge in [0.1, 0.15) is 0 Å². The average molecular weight is 291 g/mol. The summed E-state index contributed by atoms with van der Waals surface area (Å²) in [4.78, 5) is 18.2. The third-order valence-corrected chi connectivity index (χ3v) is 3.92. The van der Waals surface area contributed by atoms with Gasteiger partial charge in [-0.05, 0) is 50.5 Å². The van der Waals surface area contributed by atoms with Crippen LogP contribution in [0.5, 0.6) is 0 Å². The lowest BCUT2D eigenvalue weighted by Gasteiger charge is -2.32. The van der Waals surface area contributed by atoms with Crippen LogP contribution in [0.25, 0.3) is 0 Å². The second-order valence-corrected chi connectivity index (χ2v) is 5.58. The number of rotatable bonds is 6. The first-order valence-electron chi connectivity index (χ1n) is 7.69. The van der Waals surface area contributed by atoms with Gasteiger partial charge in [0.15, 0.2) is 0 Å². The summed E-state index contributed by atoms with van der Waals surface area (Å²) in [5, 5.41) is 3.44. The molecule has 1 N–H and O–H groups in total. The topological polar surface area (TPSA) is 54.5 Å². The molecule has 5 nitrogen and oxygen atoms in total. The van der Waals surface area contributed by atoms with Crippen LogP contribution >= 0.6 is 0 Å². The molecule has 1 atom stereocenters. The molecule has 0 spiro atoms. The normalized spacial score (nSPS) is 19.4. The second kappa shape index (κ2) is 8.10. The zero-order valence-corrected chi connectivity index (χ0v) is 13.0. The molecule has 1 unspecified atom stereocenters. The van der Waals surface area contributed by atoms with Crippen molar-refractivity contribution in [3.63, 3.8) is 0 Å². The second-order valence-electron chi connectivity index (χ2n) is 5.58. The number of likely N-dealkylation sites (tertiary alicyclic amines) is 1. The Morgan fingerprint density at radius 1 is 1.52 bits per heavy atom. The van der Waals surface area contributed by atoms with E-state index in [1.54, 1.807) is 12.3 Å². The van der Waals surface area contributed by atoms with Gasteiger partial charge in [0.25, 0.3) is 0 Å². The number of nitrogens with one attached hydrogen (secondary N) is 1. The van der Waals surface area contributed by atoms with Gasteiger partial charge in [-0.25, -0.2) is 4.79 Å². The molecule has 0 radical (unpaired) electrons. The molecule has 0 amide bonds. The van der Waals surface area contributed by atoms with Gasteiger partial charge < -0.3 is 10.1 Å². The maximum atomic E-state index is 11.4. The molecule has 2 heterocycles. The summed E-state index contributed by atoms with van der Waals surface area (Å²) < 4.78 is 4.68. The molecule has 21 heavy (non-hydrogen) atoms. The molecule has 1 aliphatic rings. The summed E-state index contributed by atoms with van der Waals surface area (Å²) in [7, 11) is 1.38. The first-order chi connectivity index (χ1) is 10.2. The first-order valence-corrected chi connectivity index (χ1v) is 7.69. The van der Waals surface area contributed by atoms with Crippen LogP contribution in [0.3, 0.4) is 0 Å². The third kappa shape index (κ3) is 4.79. The van der Waals surface area contributed by atoms with Crippen molar-refractivity contribution in [3.05, 3.63) is 29.6 Å². The van der Waals surface area contributed by atoms with Crippen molar-refractivity contribution >= 4 is 5.97 Å². The molecule has 0 bridgehead atoms. The molecule has 5 heteroatoms. The van der Waals surface area contributed by atoms with Crippen molar-refractivity contribution < 1.29 is 9.53 Å². The number of pyridine rings is 1. The van der Waals surface area contributed by atoms with Gasteiger partial charge >= 0.3 is 5.97 Å². The highest BCUT2D eigenvalue weighted by atomic mass is 16.5. The Balaban J connectivity index is 1.87. The van der Waals surface area contributed by atoms with E-state index >= 15 is 0 Å². The maximum absolute atomic E-state index is 11.4. The minimum atomic E-state index is -0.335. The number of piperidine rings is 1. The van der Waals surface area contributed by atoms with Crippen molar-refractivity contribution in [2.24, 2.45) is 5.92 Å². The minimum absolute atomic E-state index is 0.335. The van der Waals surface area contributed by atoms with Crippen LogP contribution in [-0.4, -0.2) is 49.1 Å². The van der Waals surface area contributed by atoms with Crippen LogP contribution in [-0.2, 0) is 11.3 Å². The van der Waals surface area contributed by atoms with Gasteiger partial charge in [-0.2, -0.15) is 0 Å². The summed E-state index contributed by atoms with van der Waals surface area (Å²) in [6, 6.07) is 3.70. The van der Waals surface area contributed by atoms with Crippen molar-refractivity contribution in [2.45, 2.75) is 26.3 Å². The van der Waals surface area contributed by atoms with E-state index in [1.165, 1.54) is 20.0 Å². The molecule has 0 aromatic carbocycles. The summed E-state index contributed by atoms with van der Waals surface area (Å²) in [6.45, 7) is 7.38. The van der Waals surface area contributed by atoms with Gasteiger partial charge in [-0.1, -0.05) is 6.92 Å². The largest absolute Gasteiger partial charge is 0.465 e. The van der Waals surface area contributed by atoms with Crippen LogP contribution in [0.15, 0.2) is 18.3 Å². The molecule has 1 aromatic heterocycles. The Hall–Kier alpha value is -1.46. The first kappa shape index (κ1) is 15.9. The van der Waals surface area contributed by atoms with Crippen LogP contribution in [0.4, 0.5) is 0 Å². The van der Waals surface area contributed by atoms with Crippen molar-refractivity contribution in [3.8, 4) is 0 Å². The lowest BCUT2D eigenvalue weighted by molar-refractivity contribution is 0.0600. The quantitative estimate of drug-likeness (QED) is 0.808. The summed E-state index contributed by atoms with van der Waals surface area (Å²) in [5.41, 5.74) is 1.51. The summed E-state index contributed by atoms with van der Waals surface area (Å²) in [5.74, 6) is 0.394. The fourth-order valence-electron chi connectivity index (χ4n) is 2.80. The Kier molecular flexibility index (Phi) is 6.14. The highest BCUT2D eigenvalue weighted by Crippen LogP contribution is 2.17. The van der Waals surface area contributed by atoms with E-state index in [0.717, 1.165) is 44.3 Å². The molecule has 1 aromatic rings. The number of hydrogen-bond acceptors (Lipinski definition) is 5. The predicted molar refractivity (Wildman–Crippen MR) is 82.1 cm³/mol. The maximum Gasteiger partial charge on any atom is 0.339 e. The number of esters is 1. The number of carbonyl (C=O) groups is 1. The summed E-state index contributed by atoms with van der Waals surface area (Å²) in [6.07, 6.45) is 4.15. The van der Waals surface area contributed by atoms with E-state index in [1.807, 2.05) is 6.07 Å². The van der Waals surface area contributed by atoms with E-state index in [9.17, 15) is 4.79 Å². The van der Waals surface area contributed by atoms with Crippen LogP contribution in [0.2, 0.25) is 0 Å². The van der Waals surface area contributed by atoms with Crippen molar-refractivity contribution in [1.29, 1.82) is 0 Å². The number of carbonyl (C=O) groups excluding carboxylic acids is 1. The Bertz CT molecular complexity index is 447. The standard InChI is InChI=1S/C16H25N3O2/c1-3-17-9-13-5-4-8-19(11-13)12-15-7-6-14(10-18-15)16(20)21-2/h6-7,10,13,17H,3-5,8-9,11-12H2,1-2H3. The average Bonchev–Trinajstić information content (AvgIpc) is 2.53. The number of aromatic nitrogens is 1. The highest BCUT2D eigenvalue weighted by molar-refractivity contribution is 5.88. The predicted octanol–water partition coefficient (Wildman–Crippen LogP) is 1.69. The Labute approximate surface area is 126 Å². The molecule has 1 aliphatic heterocycles. The Morgan fingerprint density at radius 2 is 2.38 bits per heavy atom. The SMILES string of the molecule is CCNCC1CCCN(Cc2ccc(C(=O)OC)cn2)C1. The van der Waals surface area contributed by atoms with E-state index in [-0.39, 0.29) is 5.97 Å². The zero-order valence-electron chi connectivity index (χ0n) is 13.0. The van der Waals surface area contributed by atoms with Crippen molar-refractivity contribution in [1.82, 2.24) is 15.2 Å². The lowest BCUT2D eigenvalue weighted by Crippen LogP contribution is -2.39. The smallest absolute Gasteiger partial charge is 0.339 e. The Morgan fingerprint density at radius 3 is 3.05 bits per heavy atom. The monoisotopic (exact) mass is 291 g/mol. The minimum Gasteiger partial charge on any atom is -0.465 e. The van der Waals surface area contributed by atoms with Gasteiger partial charge in [-0.3, -0.25) is 9.88 Å². The van der Waals surface area contributed by atoms with Crippen LogP contribution < -0.4 is 5.32 Å². The van der Waals surface area contributed by atoms with E-state index in [4.69, 9.17) is 0 Å². The highest BCUT2D eigenvalue weighted by Gasteiger charge is 2.19. The number of methoxy groups -OCH3 is 1. The van der Waals surface area contributed by atoms with E-state index in [2.05, 4.69) is 26.9 Å². The van der Waals surface area contributed by atoms with Crippen LogP contribution in [0.1, 0.15) is 35.8 Å². The number of hydrogen-bond donors (Lipinski definition) is 1. The molecule has 2 rings (SSSR count). The summed E-state index contributed by atoms with van der Waals surface area (Å²) >= 11 is 0. The molecular weight excluding hydrogens is 266 g/mol. The van der Waals surface area contributed by atoms with E-state index < -0.39 is 0 Å². The van der Waals surface area contributed by atoms with Gasteiger partial charge in [0.05, 0.1) is 18.4 Å². The fourth-order valence-corrected chi connectivity index (χ4v) is 2.80. The molecular formula is C16H25N3O2. The molecule has 1 saturated heterocycles. The number of ether oxygens (including phenoxy) is 1. The molecule has 1 fully saturated rings. The molecule has 0 saturated carbocycles. The van der Waals surface area contributed by atoms with Crippen molar-refractivity contribution in [2.75, 3.05) is 33.3 Å². The lowest BCUT2D eigenvalue weighted by atomic mass is 9.98. The fraction of sp³-hybridized carbons (Fsp3) is 0.625. The van der Waals surface area contributed by atoms with Crippen LogP contribution in [0, 0.1) is 5.92 Å². The third-order valence-electron chi connectivity index (χ3n) is 3.92. The zero-order chi connectivity index (χ0) is 15.1. The number of nitrogens with zero attached hydrogens (tertiary/aromatic N) is 2. The molecule has 0 aliphatic carbocycles. The van der Waals surface area contributed by atoms with Gasteiger partial charge in [0, 0.05) is 19.3 Å². The van der Waals surface area contributed by atoms with Gasteiger partial charge in [0.2, 0.25) is 0 Å². The molecule has 116 valence electrons.